The number of carbonyl (C=O) groups is 1. The topological polar surface area (TPSA) is 129 Å². The first-order valence-corrected chi connectivity index (χ1v) is 10.0. The van der Waals surface area contributed by atoms with Crippen molar-refractivity contribution in [2.75, 3.05) is 13.7 Å². The van der Waals surface area contributed by atoms with Crippen LogP contribution in [0.4, 0.5) is 0 Å². The van der Waals surface area contributed by atoms with Crippen molar-refractivity contribution in [2.45, 2.75) is 25.7 Å². The average Bonchev–Trinajstić information content (AvgIpc) is 2.76. The number of hydrogen-bond acceptors (Lipinski definition) is 7. The first kappa shape index (κ1) is 22.7. The number of benzene rings is 2. The summed E-state index contributed by atoms with van der Waals surface area (Å²) in [5.74, 6) is -1.12. The third-order valence-corrected chi connectivity index (χ3v) is 5.06. The molecule has 4 N–H and O–H groups in total. The molecule has 2 aromatic carbocycles. The van der Waals surface area contributed by atoms with Gasteiger partial charge in [0.05, 0.1) is 13.0 Å². The Kier molecular flexibility index (Phi) is 7.04. The van der Waals surface area contributed by atoms with Gasteiger partial charge in [-0.3, -0.25) is 9.59 Å². The maximum Gasteiger partial charge on any atom is 0.227 e. The van der Waals surface area contributed by atoms with Crippen molar-refractivity contribution in [3.8, 4) is 23.0 Å². The largest absolute Gasteiger partial charge is 0.508 e. The van der Waals surface area contributed by atoms with Crippen molar-refractivity contribution < 1.29 is 29.3 Å². The number of rotatable bonds is 8. The number of amides is 1. The van der Waals surface area contributed by atoms with E-state index in [1.807, 2.05) is 0 Å². The van der Waals surface area contributed by atoms with Gasteiger partial charge in [0.2, 0.25) is 17.1 Å². The van der Waals surface area contributed by atoms with Gasteiger partial charge in [-0.1, -0.05) is 18.2 Å². The van der Waals surface area contributed by atoms with Gasteiger partial charge in [0.1, 0.15) is 11.5 Å². The van der Waals surface area contributed by atoms with Gasteiger partial charge in [-0.15, -0.1) is 0 Å². The number of phenols is 2. The van der Waals surface area contributed by atoms with Crippen LogP contribution in [0.5, 0.6) is 23.0 Å². The van der Waals surface area contributed by atoms with Crippen LogP contribution in [0.25, 0.3) is 0 Å². The fourth-order valence-electron chi connectivity index (χ4n) is 3.40. The Morgan fingerprint density at radius 3 is 2.50 bits per heavy atom. The van der Waals surface area contributed by atoms with E-state index in [0.29, 0.717) is 24.3 Å². The molecular weight excluding hydrogens is 414 g/mol. The molecule has 1 aromatic heterocycles. The highest BCUT2D eigenvalue weighted by Crippen LogP contribution is 2.37. The van der Waals surface area contributed by atoms with E-state index in [0.717, 1.165) is 5.56 Å². The molecule has 0 spiro atoms. The molecule has 0 aliphatic carbocycles. The van der Waals surface area contributed by atoms with Crippen LogP contribution in [0.1, 0.15) is 35.0 Å². The fraction of sp³-hybridized carbons (Fsp3) is 0.250. The van der Waals surface area contributed by atoms with Crippen LogP contribution in [0.15, 0.2) is 57.7 Å². The Hall–Kier alpha value is -3.94. The lowest BCUT2D eigenvalue weighted by atomic mass is 9.91. The summed E-state index contributed by atoms with van der Waals surface area (Å²) in [6, 6.07) is 12.4. The maximum atomic E-state index is 12.7. The highest BCUT2D eigenvalue weighted by molar-refractivity contribution is 5.77. The molecule has 3 aromatic rings. The highest BCUT2D eigenvalue weighted by Gasteiger charge is 2.26. The minimum absolute atomic E-state index is 0.0311. The molecule has 0 radical (unpaired) electrons. The number of hydrogen-bond donors (Lipinski definition) is 4. The first-order valence-electron chi connectivity index (χ1n) is 10.0. The van der Waals surface area contributed by atoms with Gasteiger partial charge < -0.3 is 29.8 Å². The zero-order valence-electron chi connectivity index (χ0n) is 17.8. The summed E-state index contributed by atoms with van der Waals surface area (Å²) in [6.07, 6.45) is 0.456. The second-order valence-corrected chi connectivity index (χ2v) is 7.39. The van der Waals surface area contributed by atoms with Gasteiger partial charge in [0.25, 0.3) is 0 Å². The molecule has 3 rings (SSSR count). The molecule has 8 heteroatoms. The number of carbonyl (C=O) groups excluding carboxylic acids is 1. The third kappa shape index (κ3) is 5.40. The molecule has 8 nitrogen and oxygen atoms in total. The normalized spacial score (nSPS) is 11.7. The lowest BCUT2D eigenvalue weighted by molar-refractivity contribution is -0.121. The van der Waals surface area contributed by atoms with Crippen molar-refractivity contribution in [2.24, 2.45) is 0 Å². The fourth-order valence-corrected chi connectivity index (χ4v) is 3.40. The Morgan fingerprint density at radius 2 is 1.81 bits per heavy atom. The first-order chi connectivity index (χ1) is 15.3. The monoisotopic (exact) mass is 439 g/mol. The zero-order valence-corrected chi connectivity index (χ0v) is 17.8. The average molecular weight is 439 g/mol. The standard InChI is InChI=1S/C24H25NO7/c1-14-11-20(28)23(30)24(32-14)18(16-5-8-19(27)21(12-16)31-2)13-22(29)25-10-9-15-3-6-17(26)7-4-15/h3-8,11-12,18,26-27,30H,9-10,13H2,1-2H3,(H,25,29)/t18-/m1/s1. The molecule has 0 aliphatic heterocycles. The van der Waals surface area contributed by atoms with Crippen LogP contribution in [0, 0.1) is 6.92 Å². The van der Waals surface area contributed by atoms with Crippen molar-refractivity contribution in [1.29, 1.82) is 0 Å². The Morgan fingerprint density at radius 1 is 1.09 bits per heavy atom. The van der Waals surface area contributed by atoms with E-state index in [2.05, 4.69) is 5.32 Å². The molecule has 0 fully saturated rings. The second-order valence-electron chi connectivity index (χ2n) is 7.39. The van der Waals surface area contributed by atoms with Gasteiger partial charge in [-0.25, -0.2) is 0 Å². The molecule has 1 amide bonds. The number of nitrogens with one attached hydrogen (secondary N) is 1. The molecule has 0 saturated heterocycles. The Bertz CT molecular complexity index is 1150. The van der Waals surface area contributed by atoms with Crippen molar-refractivity contribution in [3.05, 3.63) is 81.4 Å². The van der Waals surface area contributed by atoms with Crippen LogP contribution >= 0.6 is 0 Å². The Balaban J connectivity index is 1.83. The van der Waals surface area contributed by atoms with E-state index >= 15 is 0 Å². The van der Waals surface area contributed by atoms with Crippen LogP contribution < -0.4 is 15.5 Å². The predicted molar refractivity (Wildman–Crippen MR) is 117 cm³/mol. The van der Waals surface area contributed by atoms with E-state index in [1.165, 1.54) is 25.3 Å². The predicted octanol–water partition coefficient (Wildman–Crippen LogP) is 2.95. The summed E-state index contributed by atoms with van der Waals surface area (Å²) in [4.78, 5) is 24.8. The van der Waals surface area contributed by atoms with E-state index in [1.54, 1.807) is 37.3 Å². The molecule has 1 atom stereocenters. The van der Waals surface area contributed by atoms with Gasteiger partial charge in [0.15, 0.2) is 17.3 Å². The minimum atomic E-state index is -0.786. The molecule has 0 saturated carbocycles. The molecule has 0 aliphatic rings. The number of methoxy groups -OCH3 is 1. The molecule has 168 valence electrons. The summed E-state index contributed by atoms with van der Waals surface area (Å²) >= 11 is 0. The zero-order chi connectivity index (χ0) is 23.3. The highest BCUT2D eigenvalue weighted by atomic mass is 16.5. The smallest absolute Gasteiger partial charge is 0.227 e. The summed E-state index contributed by atoms with van der Waals surface area (Å²) in [5.41, 5.74) is 0.870. The van der Waals surface area contributed by atoms with E-state index in [9.17, 15) is 24.9 Å². The lowest BCUT2D eigenvalue weighted by Gasteiger charge is -2.19. The second kappa shape index (κ2) is 9.91. The number of ether oxygens (including phenoxy) is 1. The van der Waals surface area contributed by atoms with Crippen molar-refractivity contribution in [3.63, 3.8) is 0 Å². The minimum Gasteiger partial charge on any atom is -0.508 e. The van der Waals surface area contributed by atoms with Crippen LogP contribution in [-0.2, 0) is 11.2 Å². The molecule has 0 unspecified atom stereocenters. The number of aromatic hydroxyl groups is 3. The van der Waals surface area contributed by atoms with E-state index in [4.69, 9.17) is 9.15 Å². The number of phenolic OH excluding ortho intramolecular Hbond substituents is 2. The third-order valence-electron chi connectivity index (χ3n) is 5.06. The van der Waals surface area contributed by atoms with Crippen LogP contribution in [-0.4, -0.2) is 34.9 Å². The van der Waals surface area contributed by atoms with E-state index < -0.39 is 17.1 Å². The summed E-state index contributed by atoms with van der Waals surface area (Å²) < 4.78 is 10.8. The Labute approximate surface area is 184 Å². The van der Waals surface area contributed by atoms with Crippen molar-refractivity contribution in [1.82, 2.24) is 5.32 Å². The lowest BCUT2D eigenvalue weighted by Crippen LogP contribution is -2.27. The van der Waals surface area contributed by atoms with Gasteiger partial charge >= 0.3 is 0 Å². The van der Waals surface area contributed by atoms with Gasteiger partial charge in [-0.2, -0.15) is 0 Å². The SMILES string of the molecule is COc1cc([C@@H](CC(=O)NCCc2ccc(O)cc2)c2oc(C)cc(=O)c2O)ccc1O. The maximum absolute atomic E-state index is 12.7. The summed E-state index contributed by atoms with van der Waals surface area (Å²) in [7, 11) is 1.40. The number of aryl methyl sites for hydroxylation is 1. The van der Waals surface area contributed by atoms with Crippen LogP contribution in [0.2, 0.25) is 0 Å². The van der Waals surface area contributed by atoms with E-state index in [-0.39, 0.29) is 35.3 Å². The van der Waals surface area contributed by atoms with Crippen molar-refractivity contribution >= 4 is 5.91 Å². The quantitative estimate of drug-likeness (QED) is 0.425. The summed E-state index contributed by atoms with van der Waals surface area (Å²) in [5, 5.41) is 32.4. The van der Waals surface area contributed by atoms with Gasteiger partial charge in [0, 0.05) is 19.0 Å². The molecule has 32 heavy (non-hydrogen) atoms. The molecule has 0 bridgehead atoms. The molecular formula is C24H25NO7. The van der Waals surface area contributed by atoms with Crippen LogP contribution in [0.3, 0.4) is 0 Å². The van der Waals surface area contributed by atoms with Gasteiger partial charge in [-0.05, 0) is 48.7 Å². The summed E-state index contributed by atoms with van der Waals surface area (Å²) in [6.45, 7) is 1.94. The molecule has 1 heterocycles.